The molecule has 1 aliphatic heterocycles. The van der Waals surface area contributed by atoms with Crippen LogP contribution in [0.25, 0.3) is 0 Å². The fraction of sp³-hybridized carbons (Fsp3) is 0.857. The third-order valence-corrected chi connectivity index (χ3v) is 14.7. The number of unbranched alkanes of at least 4 members (excludes halogenated alkanes) is 36. The van der Waals surface area contributed by atoms with Crippen LogP contribution < -0.4 is 5.32 Å². The highest BCUT2D eigenvalue weighted by atomic mass is 16.7. The number of nitrogens with one attached hydrogen (secondary N) is 1. The van der Waals surface area contributed by atoms with E-state index in [0.29, 0.717) is 19.3 Å². The van der Waals surface area contributed by atoms with Gasteiger partial charge in [-0.2, -0.15) is 0 Å². The zero-order valence-electron chi connectivity index (χ0n) is 47.3. The van der Waals surface area contributed by atoms with Crippen molar-refractivity contribution in [1.29, 1.82) is 0 Å². The Morgan fingerprint density at radius 3 is 1.27 bits per heavy atom. The highest BCUT2D eigenvalue weighted by Crippen LogP contribution is 2.23. The molecule has 0 aromatic carbocycles. The summed E-state index contributed by atoms with van der Waals surface area (Å²) in [6.07, 6.45) is 59.6. The molecule has 0 aliphatic carbocycles. The summed E-state index contributed by atoms with van der Waals surface area (Å²) in [4.78, 5) is 13.1. The van der Waals surface area contributed by atoms with Gasteiger partial charge in [0.25, 0.3) is 0 Å². The van der Waals surface area contributed by atoms with Crippen LogP contribution in [0.15, 0.2) is 48.6 Å². The van der Waals surface area contributed by atoms with Crippen LogP contribution in [0, 0.1) is 0 Å². The maximum absolute atomic E-state index is 13.1. The van der Waals surface area contributed by atoms with Gasteiger partial charge in [-0.05, 0) is 64.2 Å². The van der Waals surface area contributed by atoms with E-state index in [2.05, 4.69) is 55.6 Å². The molecule has 0 aromatic heterocycles. The number of allylic oxidation sites excluding steroid dienone is 7. The van der Waals surface area contributed by atoms with Gasteiger partial charge < -0.3 is 45.4 Å². The van der Waals surface area contributed by atoms with Crippen molar-refractivity contribution < 1.29 is 44.9 Å². The number of hydrogen-bond acceptors (Lipinski definition) is 9. The average molecular weight is 1030 g/mol. The van der Waals surface area contributed by atoms with E-state index in [-0.39, 0.29) is 6.61 Å². The number of ether oxygens (including phenoxy) is 2. The Morgan fingerprint density at radius 1 is 0.479 bits per heavy atom. The number of aliphatic hydroxyl groups is 6. The molecule has 0 saturated carbocycles. The molecule has 1 heterocycles. The summed E-state index contributed by atoms with van der Waals surface area (Å²) in [6, 6.07) is -0.997. The predicted octanol–water partition coefficient (Wildman–Crippen LogP) is 14.7. The van der Waals surface area contributed by atoms with Gasteiger partial charge in [0.2, 0.25) is 5.91 Å². The molecule has 1 saturated heterocycles. The van der Waals surface area contributed by atoms with Crippen LogP contribution in [-0.4, -0.2) is 98.7 Å². The molecule has 0 radical (unpaired) electrons. The lowest BCUT2D eigenvalue weighted by atomic mass is 9.99. The van der Waals surface area contributed by atoms with Crippen LogP contribution in [0.4, 0.5) is 0 Å². The Morgan fingerprint density at radius 2 is 0.849 bits per heavy atom. The van der Waals surface area contributed by atoms with E-state index in [4.69, 9.17) is 9.47 Å². The quantitative estimate of drug-likeness (QED) is 0.0232. The minimum Gasteiger partial charge on any atom is -0.394 e. The van der Waals surface area contributed by atoms with Gasteiger partial charge in [0.15, 0.2) is 6.29 Å². The van der Waals surface area contributed by atoms with Gasteiger partial charge >= 0.3 is 0 Å². The van der Waals surface area contributed by atoms with Crippen molar-refractivity contribution in [1.82, 2.24) is 5.32 Å². The summed E-state index contributed by atoms with van der Waals surface area (Å²) in [7, 11) is 0. The Hall–Kier alpha value is -1.89. The molecular formula is C63H117NO9. The summed E-state index contributed by atoms with van der Waals surface area (Å²) in [5.41, 5.74) is 0. The van der Waals surface area contributed by atoms with Crippen molar-refractivity contribution in [3.63, 3.8) is 0 Å². The molecular weight excluding hydrogens is 915 g/mol. The molecule has 1 amide bonds. The molecule has 1 rings (SSSR count). The lowest BCUT2D eigenvalue weighted by molar-refractivity contribution is -0.302. The molecule has 0 spiro atoms. The molecule has 1 aliphatic rings. The normalized spacial score (nSPS) is 19.8. The second kappa shape index (κ2) is 52.2. The van der Waals surface area contributed by atoms with Gasteiger partial charge in [-0.1, -0.05) is 268 Å². The number of amides is 1. The van der Waals surface area contributed by atoms with Crippen molar-refractivity contribution in [2.24, 2.45) is 0 Å². The van der Waals surface area contributed by atoms with Crippen molar-refractivity contribution in [3.05, 3.63) is 48.6 Å². The SMILES string of the molecule is CCCCCCCCCC/C=C/CC/C=C/C(O)C(COC1OC(CO)C(O)C(O)C1O)NC(=O)C(O)CCCCCCCCCCCCCCCCCC/C=C\C/C=C\CCCCCCCCCCCCC. The first-order valence-corrected chi connectivity index (χ1v) is 31.0. The summed E-state index contributed by atoms with van der Waals surface area (Å²) in [6.45, 7) is 3.61. The number of rotatable bonds is 53. The highest BCUT2D eigenvalue weighted by molar-refractivity contribution is 5.80. The Bertz CT molecular complexity index is 1310. The Kier molecular flexibility index (Phi) is 49.4. The number of hydrogen-bond donors (Lipinski definition) is 7. The van der Waals surface area contributed by atoms with Gasteiger partial charge in [-0.3, -0.25) is 4.79 Å². The van der Waals surface area contributed by atoms with Crippen LogP contribution in [0.2, 0.25) is 0 Å². The molecule has 10 nitrogen and oxygen atoms in total. The monoisotopic (exact) mass is 1030 g/mol. The van der Waals surface area contributed by atoms with Gasteiger partial charge in [0.05, 0.1) is 25.4 Å². The topological polar surface area (TPSA) is 169 Å². The molecule has 10 heteroatoms. The minimum absolute atomic E-state index is 0.304. The molecule has 7 N–H and O–H groups in total. The molecule has 0 aromatic rings. The summed E-state index contributed by atoms with van der Waals surface area (Å²) in [5, 5.41) is 65.0. The fourth-order valence-corrected chi connectivity index (χ4v) is 9.74. The van der Waals surface area contributed by atoms with Crippen molar-refractivity contribution >= 4 is 5.91 Å². The molecule has 8 atom stereocenters. The largest absolute Gasteiger partial charge is 0.394 e. The first-order chi connectivity index (χ1) is 35.8. The highest BCUT2D eigenvalue weighted by Gasteiger charge is 2.44. The van der Waals surface area contributed by atoms with E-state index < -0.39 is 61.5 Å². The maximum atomic E-state index is 13.1. The second-order valence-corrected chi connectivity index (χ2v) is 21.6. The van der Waals surface area contributed by atoms with Gasteiger partial charge in [0, 0.05) is 0 Å². The number of carbonyl (C=O) groups excluding carboxylic acids is 1. The standard InChI is InChI=1S/C63H117NO9/c1-3-5-7-9-11-13-15-17-19-20-21-22-23-24-25-26-27-28-29-30-31-32-33-34-35-36-37-38-40-42-44-46-48-50-52-57(67)62(71)64-55(54-72-63-61(70)60(69)59(68)58(53-65)73-63)56(66)51-49-47-45-43-41-39-18-16-14-12-10-8-6-4-2/h23-24,26-27,41,43,49,51,55-61,63,65-70H,3-22,25,28-40,42,44-48,50,52-54H2,1-2H3,(H,64,71)/b24-23-,27-26-,43-41+,51-49+. The predicted molar refractivity (Wildman–Crippen MR) is 305 cm³/mol. The first kappa shape index (κ1) is 69.1. The van der Waals surface area contributed by atoms with Gasteiger partial charge in [0.1, 0.15) is 30.5 Å². The fourth-order valence-electron chi connectivity index (χ4n) is 9.74. The first-order valence-electron chi connectivity index (χ1n) is 31.0. The van der Waals surface area contributed by atoms with Gasteiger partial charge in [-0.15, -0.1) is 0 Å². The molecule has 428 valence electrons. The zero-order valence-corrected chi connectivity index (χ0v) is 47.3. The zero-order chi connectivity index (χ0) is 53.1. The van der Waals surface area contributed by atoms with Crippen LogP contribution >= 0.6 is 0 Å². The second-order valence-electron chi connectivity index (χ2n) is 21.6. The van der Waals surface area contributed by atoms with Crippen LogP contribution in [0.3, 0.4) is 0 Å². The van der Waals surface area contributed by atoms with E-state index in [9.17, 15) is 35.4 Å². The smallest absolute Gasteiger partial charge is 0.249 e. The van der Waals surface area contributed by atoms with E-state index in [1.807, 2.05) is 6.08 Å². The van der Waals surface area contributed by atoms with E-state index >= 15 is 0 Å². The minimum atomic E-state index is -1.62. The number of carbonyl (C=O) groups is 1. The van der Waals surface area contributed by atoms with Crippen LogP contribution in [0.1, 0.15) is 284 Å². The summed E-state index contributed by atoms with van der Waals surface area (Å²) in [5.74, 6) is -0.624. The lowest BCUT2D eigenvalue weighted by Gasteiger charge is -2.40. The van der Waals surface area contributed by atoms with E-state index in [1.165, 1.54) is 212 Å². The average Bonchev–Trinajstić information content (AvgIpc) is 3.39. The van der Waals surface area contributed by atoms with Crippen LogP contribution in [0.5, 0.6) is 0 Å². The summed E-state index contributed by atoms with van der Waals surface area (Å²) >= 11 is 0. The molecule has 0 bridgehead atoms. The Balaban J connectivity index is 2.15. The van der Waals surface area contributed by atoms with Gasteiger partial charge in [-0.25, -0.2) is 0 Å². The molecule has 1 fully saturated rings. The van der Waals surface area contributed by atoms with Crippen molar-refractivity contribution in [3.8, 4) is 0 Å². The Labute approximate surface area is 448 Å². The van der Waals surface area contributed by atoms with Crippen LogP contribution in [-0.2, 0) is 14.3 Å². The van der Waals surface area contributed by atoms with E-state index in [1.54, 1.807) is 6.08 Å². The maximum Gasteiger partial charge on any atom is 0.249 e. The van der Waals surface area contributed by atoms with Crippen molar-refractivity contribution in [2.75, 3.05) is 13.2 Å². The number of aliphatic hydroxyl groups excluding tert-OH is 6. The molecule has 73 heavy (non-hydrogen) atoms. The van der Waals surface area contributed by atoms with E-state index in [0.717, 1.165) is 38.5 Å². The molecule has 8 unspecified atom stereocenters. The van der Waals surface area contributed by atoms with Crippen molar-refractivity contribution in [2.45, 2.75) is 332 Å². The third kappa shape index (κ3) is 41.0. The lowest BCUT2D eigenvalue weighted by Crippen LogP contribution is -2.60. The summed E-state index contributed by atoms with van der Waals surface area (Å²) < 4.78 is 11.2. The third-order valence-electron chi connectivity index (χ3n) is 14.7.